The normalized spacial score (nSPS) is 16.8. The second kappa shape index (κ2) is 9.03. The predicted octanol–water partition coefficient (Wildman–Crippen LogP) is 5.14. The lowest BCUT2D eigenvalue weighted by Crippen LogP contribution is -2.58. The van der Waals surface area contributed by atoms with Crippen molar-refractivity contribution >= 4 is 22.8 Å². The summed E-state index contributed by atoms with van der Waals surface area (Å²) in [6, 6.07) is 23.7. The zero-order valence-electron chi connectivity index (χ0n) is 19.0. The molecule has 5 heteroatoms. The van der Waals surface area contributed by atoms with E-state index in [0.29, 0.717) is 31.6 Å². The van der Waals surface area contributed by atoms with E-state index in [-0.39, 0.29) is 18.0 Å². The first-order chi connectivity index (χ1) is 15.3. The topological polar surface area (TPSA) is 49.9 Å². The Morgan fingerprint density at radius 3 is 2.34 bits per heavy atom. The number of hydrogen-bond acceptors (Lipinski definition) is 3. The predicted molar refractivity (Wildman–Crippen MR) is 127 cm³/mol. The van der Waals surface area contributed by atoms with Crippen molar-refractivity contribution in [2.24, 2.45) is 0 Å². The van der Waals surface area contributed by atoms with Crippen molar-refractivity contribution in [1.82, 2.24) is 9.80 Å². The fourth-order valence-electron chi connectivity index (χ4n) is 4.24. The molecule has 1 atom stereocenters. The minimum atomic E-state index is -0.565. The molecule has 1 aliphatic heterocycles. The lowest BCUT2D eigenvalue weighted by Gasteiger charge is -2.42. The third kappa shape index (κ3) is 4.93. The summed E-state index contributed by atoms with van der Waals surface area (Å²) in [5.41, 5.74) is 1.27. The molecule has 0 aliphatic carbocycles. The van der Waals surface area contributed by atoms with E-state index in [1.807, 2.05) is 86.3 Å². The molecule has 0 N–H and O–H groups in total. The molecule has 0 spiro atoms. The smallest absolute Gasteiger partial charge is 0.410 e. The van der Waals surface area contributed by atoms with E-state index in [1.54, 1.807) is 4.90 Å². The molecule has 32 heavy (non-hydrogen) atoms. The average molecular weight is 431 g/mol. The first-order valence-electron chi connectivity index (χ1n) is 11.1. The summed E-state index contributed by atoms with van der Waals surface area (Å²) in [5.74, 6) is 0.00343. The Hall–Kier alpha value is -3.34. The Bertz CT molecular complexity index is 1100. The second-order valence-electron chi connectivity index (χ2n) is 9.30. The first kappa shape index (κ1) is 21.9. The number of rotatable bonds is 3. The van der Waals surface area contributed by atoms with E-state index in [0.717, 1.165) is 16.3 Å². The highest BCUT2D eigenvalue weighted by atomic mass is 16.6. The number of nitrogens with zero attached hydrogens (tertiary/aromatic N) is 2. The van der Waals surface area contributed by atoms with Crippen LogP contribution in [0.5, 0.6) is 0 Å². The van der Waals surface area contributed by atoms with Crippen LogP contribution in [0.4, 0.5) is 4.79 Å². The van der Waals surface area contributed by atoms with Crippen LogP contribution in [0.25, 0.3) is 10.8 Å². The molecule has 0 unspecified atom stereocenters. The minimum absolute atomic E-state index is 0.00343. The van der Waals surface area contributed by atoms with E-state index < -0.39 is 5.60 Å². The SMILES string of the molecule is CC(C)(C)OC(=O)N1CCN(C(=O)c2cccc3ccccc23)C[C@@H]1Cc1ccccc1. The van der Waals surface area contributed by atoms with Gasteiger partial charge in [-0.25, -0.2) is 4.79 Å². The van der Waals surface area contributed by atoms with Gasteiger partial charge >= 0.3 is 6.09 Å². The number of piperazine rings is 1. The van der Waals surface area contributed by atoms with E-state index in [2.05, 4.69) is 12.1 Å². The molecule has 4 rings (SSSR count). The minimum Gasteiger partial charge on any atom is -0.444 e. The monoisotopic (exact) mass is 430 g/mol. The first-order valence-corrected chi connectivity index (χ1v) is 11.1. The number of carbonyl (C=O) groups is 2. The summed E-state index contributed by atoms with van der Waals surface area (Å²) < 4.78 is 5.67. The van der Waals surface area contributed by atoms with Crippen LogP contribution < -0.4 is 0 Å². The number of hydrogen-bond donors (Lipinski definition) is 0. The number of carbonyl (C=O) groups excluding carboxylic acids is 2. The molecular weight excluding hydrogens is 400 g/mol. The van der Waals surface area contributed by atoms with Gasteiger partial charge < -0.3 is 14.5 Å². The molecule has 0 aromatic heterocycles. The molecular formula is C27H30N2O3. The van der Waals surface area contributed by atoms with Gasteiger partial charge in [0.1, 0.15) is 5.60 Å². The van der Waals surface area contributed by atoms with Crippen molar-refractivity contribution in [3.8, 4) is 0 Å². The highest BCUT2D eigenvalue weighted by Gasteiger charge is 2.35. The maximum absolute atomic E-state index is 13.5. The van der Waals surface area contributed by atoms with Gasteiger partial charge in [0, 0.05) is 25.2 Å². The Kier molecular flexibility index (Phi) is 6.17. The molecule has 0 bridgehead atoms. The zero-order chi connectivity index (χ0) is 22.7. The van der Waals surface area contributed by atoms with Crippen LogP contribution in [0.1, 0.15) is 36.7 Å². The van der Waals surface area contributed by atoms with Crippen molar-refractivity contribution in [3.05, 3.63) is 83.9 Å². The van der Waals surface area contributed by atoms with Crippen molar-refractivity contribution in [3.63, 3.8) is 0 Å². The largest absolute Gasteiger partial charge is 0.444 e. The molecule has 1 fully saturated rings. The summed E-state index contributed by atoms with van der Waals surface area (Å²) in [6.45, 7) is 7.01. The molecule has 3 aromatic carbocycles. The standard InChI is InChI=1S/C27H30N2O3/c1-27(2,3)32-26(31)29-17-16-28(19-22(29)18-20-10-5-4-6-11-20)25(30)24-15-9-13-21-12-7-8-14-23(21)24/h4-15,22H,16-19H2,1-3H3/t22-/m0/s1. The number of amides is 2. The van der Waals surface area contributed by atoms with Gasteiger partial charge in [0.2, 0.25) is 0 Å². The van der Waals surface area contributed by atoms with Crippen LogP contribution in [0, 0.1) is 0 Å². The number of benzene rings is 3. The van der Waals surface area contributed by atoms with Gasteiger partial charge in [-0.2, -0.15) is 0 Å². The van der Waals surface area contributed by atoms with Crippen LogP contribution >= 0.6 is 0 Å². The van der Waals surface area contributed by atoms with E-state index in [9.17, 15) is 9.59 Å². The van der Waals surface area contributed by atoms with Gasteiger partial charge in [0.15, 0.2) is 0 Å². The summed E-state index contributed by atoms with van der Waals surface area (Å²) in [7, 11) is 0. The van der Waals surface area contributed by atoms with Crippen LogP contribution in [0.2, 0.25) is 0 Å². The molecule has 3 aromatic rings. The van der Waals surface area contributed by atoms with E-state index >= 15 is 0 Å². The van der Waals surface area contributed by atoms with Crippen molar-refractivity contribution in [2.45, 2.75) is 38.8 Å². The maximum Gasteiger partial charge on any atom is 0.410 e. The molecule has 1 saturated heterocycles. The Morgan fingerprint density at radius 2 is 1.59 bits per heavy atom. The quantitative estimate of drug-likeness (QED) is 0.578. The lowest BCUT2D eigenvalue weighted by molar-refractivity contribution is -0.000566. The molecule has 1 aliphatic rings. The fourth-order valence-corrected chi connectivity index (χ4v) is 4.24. The van der Waals surface area contributed by atoms with Gasteiger partial charge in [-0.3, -0.25) is 4.79 Å². The average Bonchev–Trinajstić information content (AvgIpc) is 2.77. The summed E-state index contributed by atoms with van der Waals surface area (Å²) in [4.78, 5) is 30.1. The zero-order valence-corrected chi connectivity index (χ0v) is 19.0. The Labute approximate surface area is 189 Å². The Balaban J connectivity index is 1.59. The molecule has 1 heterocycles. The van der Waals surface area contributed by atoms with Gasteiger partial charge in [-0.1, -0.05) is 66.7 Å². The molecule has 166 valence electrons. The van der Waals surface area contributed by atoms with Gasteiger partial charge in [0.05, 0.1) is 6.04 Å². The Morgan fingerprint density at radius 1 is 0.906 bits per heavy atom. The highest BCUT2D eigenvalue weighted by Crippen LogP contribution is 2.24. The fraction of sp³-hybridized carbons (Fsp3) is 0.333. The van der Waals surface area contributed by atoms with Gasteiger partial charge in [-0.05, 0) is 49.6 Å². The number of fused-ring (bicyclic) bond motifs is 1. The summed E-state index contributed by atoms with van der Waals surface area (Å²) in [5, 5.41) is 2.00. The molecule has 0 radical (unpaired) electrons. The van der Waals surface area contributed by atoms with Crippen LogP contribution in [0.15, 0.2) is 72.8 Å². The van der Waals surface area contributed by atoms with Crippen molar-refractivity contribution in [2.75, 3.05) is 19.6 Å². The third-order valence-corrected chi connectivity index (χ3v) is 5.73. The second-order valence-corrected chi connectivity index (χ2v) is 9.30. The van der Waals surface area contributed by atoms with E-state index in [4.69, 9.17) is 4.74 Å². The highest BCUT2D eigenvalue weighted by molar-refractivity contribution is 6.07. The summed E-state index contributed by atoms with van der Waals surface area (Å²) >= 11 is 0. The summed E-state index contributed by atoms with van der Waals surface area (Å²) in [6.07, 6.45) is 0.343. The molecule has 2 amide bonds. The van der Waals surface area contributed by atoms with Gasteiger partial charge in [-0.15, -0.1) is 0 Å². The lowest BCUT2D eigenvalue weighted by atomic mass is 10.00. The van der Waals surface area contributed by atoms with Crippen LogP contribution in [-0.4, -0.2) is 53.1 Å². The molecule has 5 nitrogen and oxygen atoms in total. The van der Waals surface area contributed by atoms with Crippen molar-refractivity contribution < 1.29 is 14.3 Å². The van der Waals surface area contributed by atoms with Gasteiger partial charge in [0.25, 0.3) is 5.91 Å². The van der Waals surface area contributed by atoms with Crippen LogP contribution in [-0.2, 0) is 11.2 Å². The molecule has 0 saturated carbocycles. The van der Waals surface area contributed by atoms with Crippen molar-refractivity contribution in [1.29, 1.82) is 0 Å². The third-order valence-electron chi connectivity index (χ3n) is 5.73. The number of ether oxygens (including phenoxy) is 1. The van der Waals surface area contributed by atoms with Crippen LogP contribution in [0.3, 0.4) is 0 Å². The maximum atomic E-state index is 13.5. The van der Waals surface area contributed by atoms with E-state index in [1.165, 1.54) is 0 Å².